The first-order chi connectivity index (χ1) is 13.6. The van der Waals surface area contributed by atoms with Gasteiger partial charge < -0.3 is 10.4 Å². The second-order valence-corrected chi connectivity index (χ2v) is 6.85. The molecule has 0 radical (unpaired) electrons. The maximum atomic E-state index is 14.3. The van der Waals surface area contributed by atoms with Crippen LogP contribution in [0.1, 0.15) is 18.4 Å². The predicted molar refractivity (Wildman–Crippen MR) is 94.5 cm³/mol. The average Bonchev–Trinajstić information content (AvgIpc) is 2.62. The molecule has 29 heavy (non-hydrogen) atoms. The van der Waals surface area contributed by atoms with Crippen LogP contribution in [-0.2, 0) is 6.18 Å². The molecule has 1 aliphatic rings. The van der Waals surface area contributed by atoms with Gasteiger partial charge in [0.05, 0.1) is 22.7 Å². The van der Waals surface area contributed by atoms with E-state index < -0.39 is 46.2 Å². The van der Waals surface area contributed by atoms with Gasteiger partial charge in [0.15, 0.2) is 11.6 Å². The van der Waals surface area contributed by atoms with Gasteiger partial charge >= 0.3 is 6.18 Å². The fraction of sp³-hybridized carbons (Fsp3) is 0.263. The van der Waals surface area contributed by atoms with Crippen molar-refractivity contribution in [3.05, 3.63) is 64.1 Å². The Morgan fingerprint density at radius 1 is 1.17 bits per heavy atom. The second kappa shape index (κ2) is 6.80. The summed E-state index contributed by atoms with van der Waals surface area (Å²) in [6.45, 7) is 0. The molecule has 0 unspecified atom stereocenters. The van der Waals surface area contributed by atoms with Crippen LogP contribution in [0.2, 0.25) is 0 Å². The minimum atomic E-state index is -4.70. The van der Waals surface area contributed by atoms with Crippen LogP contribution >= 0.6 is 0 Å². The number of anilines is 1. The van der Waals surface area contributed by atoms with Crippen molar-refractivity contribution in [2.75, 3.05) is 5.32 Å². The number of pyridine rings is 1. The summed E-state index contributed by atoms with van der Waals surface area (Å²) in [6.07, 6.45) is -3.38. The fourth-order valence-corrected chi connectivity index (χ4v) is 3.31. The van der Waals surface area contributed by atoms with Crippen molar-refractivity contribution >= 4 is 11.5 Å². The molecule has 5 nitrogen and oxygen atoms in total. The standard InChI is InChI=1S/C19H14F5N3O2/c20-13-3-1-2-12(16(13)21)15-14-6-9(19(22,23)24)4-5-27(14)18(26-17(15)29)25-10-7-11(28)8-10/h1-6,10-11,28H,7-8H2,(H,25,26,29). The Morgan fingerprint density at radius 2 is 1.90 bits per heavy atom. The Bertz CT molecular complexity index is 1150. The summed E-state index contributed by atoms with van der Waals surface area (Å²) in [5, 5.41) is 12.3. The Hall–Kier alpha value is -3.01. The monoisotopic (exact) mass is 411 g/mol. The van der Waals surface area contributed by atoms with Crippen molar-refractivity contribution in [3.63, 3.8) is 0 Å². The van der Waals surface area contributed by atoms with Gasteiger partial charge in [-0.3, -0.25) is 9.20 Å². The number of benzene rings is 1. The highest BCUT2D eigenvalue weighted by Gasteiger charge is 2.32. The van der Waals surface area contributed by atoms with Crippen molar-refractivity contribution < 1.29 is 27.1 Å². The van der Waals surface area contributed by atoms with E-state index in [0.717, 1.165) is 30.5 Å². The van der Waals surface area contributed by atoms with E-state index in [2.05, 4.69) is 10.3 Å². The molecule has 2 N–H and O–H groups in total. The average molecular weight is 411 g/mol. The molecular weight excluding hydrogens is 397 g/mol. The van der Waals surface area contributed by atoms with Crippen LogP contribution < -0.4 is 10.9 Å². The molecule has 10 heteroatoms. The molecule has 1 aromatic carbocycles. The van der Waals surface area contributed by atoms with Crippen LogP contribution in [0.15, 0.2) is 41.3 Å². The molecule has 2 heterocycles. The molecule has 0 aliphatic heterocycles. The molecule has 4 rings (SSSR count). The molecule has 2 aromatic heterocycles. The molecular formula is C19H14F5N3O2. The number of hydrogen-bond donors (Lipinski definition) is 2. The van der Waals surface area contributed by atoms with Gasteiger partial charge in [0.1, 0.15) is 0 Å². The summed E-state index contributed by atoms with van der Waals surface area (Å²) in [5.41, 5.74) is -3.29. The van der Waals surface area contributed by atoms with E-state index in [1.807, 2.05) is 0 Å². The van der Waals surface area contributed by atoms with Gasteiger partial charge in [-0.15, -0.1) is 0 Å². The Morgan fingerprint density at radius 3 is 2.55 bits per heavy atom. The van der Waals surface area contributed by atoms with E-state index in [0.29, 0.717) is 18.9 Å². The van der Waals surface area contributed by atoms with Crippen LogP contribution in [0.4, 0.5) is 27.9 Å². The molecule has 152 valence electrons. The van der Waals surface area contributed by atoms with Crippen molar-refractivity contribution in [1.82, 2.24) is 9.38 Å². The Balaban J connectivity index is 1.98. The molecule has 0 saturated heterocycles. The Kier molecular flexibility index (Phi) is 4.53. The van der Waals surface area contributed by atoms with Gasteiger partial charge in [-0.1, -0.05) is 12.1 Å². The number of fused-ring (bicyclic) bond motifs is 1. The lowest BCUT2D eigenvalue weighted by atomic mass is 9.90. The number of alkyl halides is 3. The predicted octanol–water partition coefficient (Wildman–Crippen LogP) is 3.59. The van der Waals surface area contributed by atoms with Gasteiger partial charge in [0, 0.05) is 17.8 Å². The number of rotatable bonds is 3. The number of aromatic nitrogens is 2. The number of aliphatic hydroxyl groups excluding tert-OH is 1. The first kappa shape index (κ1) is 19.3. The number of nitrogens with one attached hydrogen (secondary N) is 1. The van der Waals surface area contributed by atoms with Crippen LogP contribution in [0.5, 0.6) is 0 Å². The van der Waals surface area contributed by atoms with E-state index >= 15 is 0 Å². The number of hydrogen-bond acceptors (Lipinski definition) is 4. The van der Waals surface area contributed by atoms with Gasteiger partial charge in [0.2, 0.25) is 5.95 Å². The zero-order chi connectivity index (χ0) is 20.9. The quantitative estimate of drug-likeness (QED) is 0.647. The topological polar surface area (TPSA) is 66.6 Å². The molecule has 0 atom stereocenters. The van der Waals surface area contributed by atoms with Crippen LogP contribution in [-0.4, -0.2) is 26.6 Å². The highest BCUT2D eigenvalue weighted by molar-refractivity contribution is 5.81. The third kappa shape index (κ3) is 3.44. The van der Waals surface area contributed by atoms with E-state index in [1.165, 1.54) is 4.40 Å². The van der Waals surface area contributed by atoms with Crippen molar-refractivity contribution in [1.29, 1.82) is 0 Å². The van der Waals surface area contributed by atoms with Crippen molar-refractivity contribution in [2.45, 2.75) is 31.2 Å². The fourth-order valence-electron chi connectivity index (χ4n) is 3.31. The number of nitrogens with zero attached hydrogens (tertiary/aromatic N) is 2. The third-order valence-corrected chi connectivity index (χ3v) is 4.86. The van der Waals surface area contributed by atoms with Crippen molar-refractivity contribution in [2.24, 2.45) is 0 Å². The first-order valence-corrected chi connectivity index (χ1v) is 8.67. The zero-order valence-electron chi connectivity index (χ0n) is 14.7. The second-order valence-electron chi connectivity index (χ2n) is 6.85. The molecule has 3 aromatic rings. The summed E-state index contributed by atoms with van der Waals surface area (Å²) >= 11 is 0. The Labute approximate surface area is 160 Å². The maximum Gasteiger partial charge on any atom is 0.416 e. The lowest BCUT2D eigenvalue weighted by molar-refractivity contribution is -0.137. The summed E-state index contributed by atoms with van der Waals surface area (Å²) in [4.78, 5) is 16.5. The van der Waals surface area contributed by atoms with E-state index in [4.69, 9.17) is 0 Å². The highest BCUT2D eigenvalue weighted by atomic mass is 19.4. The zero-order valence-corrected chi connectivity index (χ0v) is 14.7. The van der Waals surface area contributed by atoms with Gasteiger partial charge in [-0.05, 0) is 31.0 Å². The maximum absolute atomic E-state index is 14.3. The van der Waals surface area contributed by atoms with E-state index in [9.17, 15) is 31.9 Å². The molecule has 0 spiro atoms. The van der Waals surface area contributed by atoms with E-state index in [1.54, 1.807) is 0 Å². The smallest absolute Gasteiger partial charge is 0.393 e. The van der Waals surface area contributed by atoms with E-state index in [-0.39, 0.29) is 17.5 Å². The molecule has 1 fully saturated rings. The molecule has 1 aliphatic carbocycles. The third-order valence-electron chi connectivity index (χ3n) is 4.86. The summed E-state index contributed by atoms with van der Waals surface area (Å²) in [7, 11) is 0. The minimum Gasteiger partial charge on any atom is -0.393 e. The van der Waals surface area contributed by atoms with Crippen LogP contribution in [0, 0.1) is 11.6 Å². The lowest BCUT2D eigenvalue weighted by Gasteiger charge is -2.32. The SMILES string of the molecule is O=c1nc(NC2CC(O)C2)n2ccc(C(F)(F)F)cc2c1-c1cccc(F)c1F. The highest BCUT2D eigenvalue weighted by Crippen LogP contribution is 2.33. The molecule has 1 saturated carbocycles. The van der Waals surface area contributed by atoms with Gasteiger partial charge in [-0.25, -0.2) is 8.78 Å². The number of halogens is 5. The molecule has 0 amide bonds. The summed E-state index contributed by atoms with van der Waals surface area (Å²) in [6, 6.07) is 4.37. The summed E-state index contributed by atoms with van der Waals surface area (Å²) in [5.74, 6) is -2.64. The lowest BCUT2D eigenvalue weighted by Crippen LogP contribution is -2.40. The van der Waals surface area contributed by atoms with Crippen molar-refractivity contribution in [3.8, 4) is 11.1 Å². The summed E-state index contributed by atoms with van der Waals surface area (Å²) < 4.78 is 68.9. The largest absolute Gasteiger partial charge is 0.416 e. The first-order valence-electron chi connectivity index (χ1n) is 8.67. The molecule has 0 bridgehead atoms. The van der Waals surface area contributed by atoms with Gasteiger partial charge in [-0.2, -0.15) is 18.2 Å². The van der Waals surface area contributed by atoms with Crippen LogP contribution in [0.25, 0.3) is 16.6 Å². The van der Waals surface area contributed by atoms with Gasteiger partial charge in [0.25, 0.3) is 5.56 Å². The minimum absolute atomic E-state index is 0.0452. The number of aliphatic hydroxyl groups is 1. The normalized spacial score (nSPS) is 19.2. The van der Waals surface area contributed by atoms with Crippen LogP contribution in [0.3, 0.4) is 0 Å².